The normalized spacial score (nSPS) is 21.9. The largest absolute Gasteiger partial charge is 0.137 e. The van der Waals surface area contributed by atoms with Crippen LogP contribution in [-0.4, -0.2) is 6.16 Å². The molecule has 1 saturated carbocycles. The summed E-state index contributed by atoms with van der Waals surface area (Å²) in [5, 5.41) is 0. The Kier molecular flexibility index (Phi) is 3.44. The minimum absolute atomic E-state index is 0.865. The Balaban J connectivity index is 1.91. The van der Waals surface area contributed by atoms with Crippen molar-refractivity contribution in [3.8, 4) is 0 Å². The van der Waals surface area contributed by atoms with Crippen LogP contribution in [0.15, 0.2) is 35.3 Å². The van der Waals surface area contributed by atoms with Crippen LogP contribution in [0.2, 0.25) is 0 Å². The highest BCUT2D eigenvalue weighted by molar-refractivity contribution is 7.16. The van der Waals surface area contributed by atoms with Gasteiger partial charge >= 0.3 is 0 Å². The zero-order chi connectivity index (χ0) is 9.80. The molecular weight excluding hydrogens is 187 g/mol. The van der Waals surface area contributed by atoms with Crippen molar-refractivity contribution in [2.24, 2.45) is 11.8 Å². The van der Waals surface area contributed by atoms with Crippen LogP contribution in [0.5, 0.6) is 0 Å². The molecule has 1 heteroatoms. The van der Waals surface area contributed by atoms with E-state index in [0.717, 1.165) is 11.8 Å². The van der Waals surface area contributed by atoms with Crippen LogP contribution in [0.25, 0.3) is 0 Å². The molecule has 2 aliphatic rings. The highest BCUT2D eigenvalue weighted by Crippen LogP contribution is 2.37. The molecule has 0 radical (unpaired) electrons. The molecule has 0 heterocycles. The van der Waals surface area contributed by atoms with E-state index in [1.54, 1.807) is 0 Å². The van der Waals surface area contributed by atoms with Crippen molar-refractivity contribution >= 4 is 9.24 Å². The Morgan fingerprint density at radius 3 is 2.79 bits per heavy atom. The molecular formula is C13H17P. The second-order valence-electron chi connectivity index (χ2n) is 4.23. The van der Waals surface area contributed by atoms with E-state index in [1.165, 1.54) is 37.4 Å². The van der Waals surface area contributed by atoms with Crippen molar-refractivity contribution in [2.45, 2.75) is 25.7 Å². The van der Waals surface area contributed by atoms with E-state index in [9.17, 15) is 0 Å². The zero-order valence-electron chi connectivity index (χ0n) is 8.50. The monoisotopic (exact) mass is 204 g/mol. The van der Waals surface area contributed by atoms with E-state index in [4.69, 9.17) is 0 Å². The summed E-state index contributed by atoms with van der Waals surface area (Å²) in [6, 6.07) is 0. The van der Waals surface area contributed by atoms with Gasteiger partial charge in [0.15, 0.2) is 0 Å². The first kappa shape index (κ1) is 10.0. The molecule has 2 rings (SSSR count). The molecule has 74 valence electrons. The summed E-state index contributed by atoms with van der Waals surface area (Å²) in [5.41, 5.74) is 7.40. The van der Waals surface area contributed by atoms with Crippen LogP contribution in [0.3, 0.4) is 0 Å². The second-order valence-corrected chi connectivity index (χ2v) is 4.70. The topological polar surface area (TPSA) is 0 Å². The second kappa shape index (κ2) is 4.81. The summed E-state index contributed by atoms with van der Waals surface area (Å²) >= 11 is 0. The van der Waals surface area contributed by atoms with Crippen molar-refractivity contribution in [1.29, 1.82) is 0 Å². The molecule has 0 nitrogen and oxygen atoms in total. The molecule has 2 aliphatic carbocycles. The molecule has 0 spiro atoms. The quantitative estimate of drug-likeness (QED) is 0.486. The fourth-order valence-electron chi connectivity index (χ4n) is 2.16. The lowest BCUT2D eigenvalue weighted by atomic mass is 9.74. The summed E-state index contributed by atoms with van der Waals surface area (Å²) in [5.74, 6) is 1.85. The third kappa shape index (κ3) is 2.28. The first-order chi connectivity index (χ1) is 6.90. The van der Waals surface area contributed by atoms with Crippen LogP contribution in [0, 0.1) is 11.8 Å². The van der Waals surface area contributed by atoms with Crippen molar-refractivity contribution in [1.82, 2.24) is 0 Å². The van der Waals surface area contributed by atoms with Gasteiger partial charge in [-0.15, -0.1) is 9.24 Å². The fourth-order valence-corrected chi connectivity index (χ4v) is 2.71. The van der Waals surface area contributed by atoms with Crippen molar-refractivity contribution in [2.75, 3.05) is 6.16 Å². The molecule has 0 aromatic heterocycles. The van der Waals surface area contributed by atoms with Gasteiger partial charge in [-0.25, -0.2) is 0 Å². The van der Waals surface area contributed by atoms with Gasteiger partial charge in [-0.3, -0.25) is 0 Å². The van der Waals surface area contributed by atoms with Gasteiger partial charge in [0, 0.05) is 0 Å². The number of rotatable bonds is 4. The minimum atomic E-state index is 0.865. The Morgan fingerprint density at radius 2 is 2.29 bits per heavy atom. The Hall–Kier alpha value is -0.530. The molecule has 0 aliphatic heterocycles. The summed E-state index contributed by atoms with van der Waals surface area (Å²) in [6.07, 6.45) is 13.0. The van der Waals surface area contributed by atoms with Gasteiger partial charge in [0.25, 0.3) is 0 Å². The third-order valence-electron chi connectivity index (χ3n) is 3.34. The predicted octanol–water partition coefficient (Wildman–Crippen LogP) is 3.47. The maximum absolute atomic E-state index is 3.03. The van der Waals surface area contributed by atoms with E-state index in [1.807, 2.05) is 6.08 Å². The molecule has 0 saturated heterocycles. The molecule has 1 fully saturated rings. The number of hydrogen-bond acceptors (Lipinski definition) is 0. The average Bonchev–Trinajstić information content (AvgIpc) is 2.15. The lowest BCUT2D eigenvalue weighted by Crippen LogP contribution is -2.23. The number of allylic oxidation sites excluding steroid dienone is 4. The van der Waals surface area contributed by atoms with Crippen molar-refractivity contribution in [3.63, 3.8) is 0 Å². The highest BCUT2D eigenvalue weighted by atomic mass is 31.0. The molecule has 2 atom stereocenters. The summed E-state index contributed by atoms with van der Waals surface area (Å²) in [7, 11) is 2.90. The van der Waals surface area contributed by atoms with Gasteiger partial charge in [-0.1, -0.05) is 30.7 Å². The fraction of sp³-hybridized carbons (Fsp3) is 0.538. The van der Waals surface area contributed by atoms with Crippen LogP contribution in [-0.2, 0) is 0 Å². The highest BCUT2D eigenvalue weighted by Gasteiger charge is 2.26. The maximum Gasteiger partial charge on any atom is -0.00829 e. The van der Waals surface area contributed by atoms with E-state index in [2.05, 4.69) is 32.9 Å². The third-order valence-corrected chi connectivity index (χ3v) is 3.94. The summed E-state index contributed by atoms with van der Waals surface area (Å²) in [6.45, 7) is 0. The summed E-state index contributed by atoms with van der Waals surface area (Å²) < 4.78 is 0. The van der Waals surface area contributed by atoms with Crippen molar-refractivity contribution in [3.05, 3.63) is 35.3 Å². The van der Waals surface area contributed by atoms with Crippen LogP contribution < -0.4 is 0 Å². The first-order valence-electron chi connectivity index (χ1n) is 5.47. The van der Waals surface area contributed by atoms with Gasteiger partial charge in [-0.2, -0.15) is 0 Å². The number of hydrogen-bond donors (Lipinski definition) is 0. The smallest absolute Gasteiger partial charge is 0.00829 e. The summed E-state index contributed by atoms with van der Waals surface area (Å²) in [4.78, 5) is 0. The van der Waals surface area contributed by atoms with Crippen LogP contribution in [0.1, 0.15) is 25.7 Å². The molecule has 14 heavy (non-hydrogen) atoms. The molecule has 2 unspecified atom stereocenters. The van der Waals surface area contributed by atoms with Gasteiger partial charge in [0.1, 0.15) is 0 Å². The lowest BCUT2D eigenvalue weighted by Gasteiger charge is -2.33. The van der Waals surface area contributed by atoms with E-state index in [-0.39, 0.29) is 0 Å². The molecule has 0 bridgehead atoms. The maximum atomic E-state index is 3.03. The van der Waals surface area contributed by atoms with E-state index in [0.29, 0.717) is 0 Å². The predicted molar refractivity (Wildman–Crippen MR) is 64.3 cm³/mol. The molecule has 0 aromatic rings. The Labute approximate surface area is 88.7 Å². The van der Waals surface area contributed by atoms with Crippen molar-refractivity contribution < 1.29 is 0 Å². The Bertz CT molecular complexity index is 321. The first-order valence-corrected chi connectivity index (χ1v) is 6.28. The van der Waals surface area contributed by atoms with E-state index < -0.39 is 0 Å². The molecule has 0 aromatic carbocycles. The zero-order valence-corrected chi connectivity index (χ0v) is 9.65. The van der Waals surface area contributed by atoms with Gasteiger partial charge in [0.05, 0.1) is 0 Å². The van der Waals surface area contributed by atoms with Gasteiger partial charge in [0.2, 0.25) is 0 Å². The lowest BCUT2D eigenvalue weighted by molar-refractivity contribution is 0.223. The SMILES string of the molecule is PCC(CC1=CC=C=C=C1)C1CCC1. The molecule has 0 amide bonds. The van der Waals surface area contributed by atoms with E-state index >= 15 is 0 Å². The standard InChI is InChI=1S/C13H17P/c14-10-13(12-7-4-8-12)9-11-5-2-1-3-6-11/h2,5-6,12-13H,4,7-10,14H2. The van der Waals surface area contributed by atoms with Gasteiger partial charge in [-0.05, 0) is 48.2 Å². The molecule has 0 N–H and O–H groups in total. The average molecular weight is 204 g/mol. The van der Waals surface area contributed by atoms with Gasteiger partial charge < -0.3 is 0 Å². The van der Waals surface area contributed by atoms with Crippen LogP contribution in [0.4, 0.5) is 0 Å². The minimum Gasteiger partial charge on any atom is -0.137 e. The Morgan fingerprint density at radius 1 is 1.43 bits per heavy atom. The van der Waals surface area contributed by atoms with Crippen LogP contribution >= 0.6 is 9.24 Å².